The molecular formula is C126H71Cl5N12O5. The van der Waals surface area contributed by atoms with Crippen LogP contribution in [0, 0.1) is 0 Å². The van der Waals surface area contributed by atoms with Crippen LogP contribution in [0.15, 0.2) is 453 Å². The van der Waals surface area contributed by atoms with Crippen LogP contribution in [-0.2, 0) is 0 Å². The molecule has 0 saturated carbocycles. The summed E-state index contributed by atoms with van der Waals surface area (Å²) in [6.07, 6.45) is 0. The van der Waals surface area contributed by atoms with Gasteiger partial charge in [0.15, 0.2) is 23.3 Å². The van der Waals surface area contributed by atoms with Crippen LogP contribution in [0.5, 0.6) is 0 Å². The molecule has 0 spiro atoms. The number of furan rings is 5. The molecule has 0 aliphatic carbocycles. The smallest absolute Gasteiger partial charge is 0.226 e. The van der Waals surface area contributed by atoms with Gasteiger partial charge in [0.05, 0.1) is 39.5 Å². The predicted octanol–water partition coefficient (Wildman–Crippen LogP) is 35.9. The summed E-state index contributed by atoms with van der Waals surface area (Å²) in [5, 5.41) is 24.6. The van der Waals surface area contributed by atoms with Gasteiger partial charge in [-0.25, -0.2) is 39.9 Å². The molecule has 22 heteroatoms. The molecule has 148 heavy (non-hydrogen) atoms. The van der Waals surface area contributed by atoms with E-state index in [1.807, 2.05) is 285 Å². The molecule has 30 aromatic rings. The summed E-state index contributed by atoms with van der Waals surface area (Å²) < 4.78 is 30.7. The summed E-state index contributed by atoms with van der Waals surface area (Å²) in [7, 11) is 0. The minimum absolute atomic E-state index is 0.150. The van der Waals surface area contributed by atoms with Crippen LogP contribution in [-0.4, -0.2) is 59.8 Å². The van der Waals surface area contributed by atoms with E-state index in [0.717, 1.165) is 237 Å². The van der Waals surface area contributed by atoms with E-state index in [-0.39, 0.29) is 26.4 Å². The molecule has 0 bridgehead atoms. The molecule has 10 aromatic heterocycles. The number of para-hydroxylation sites is 6. The van der Waals surface area contributed by atoms with Crippen molar-refractivity contribution in [3.05, 3.63) is 457 Å². The molecule has 0 saturated heterocycles. The Bertz CT molecular complexity index is 10000. The molecule has 20 aromatic carbocycles. The maximum atomic E-state index is 6.33. The Hall–Kier alpha value is -18.3. The van der Waals surface area contributed by atoms with Crippen LogP contribution in [0.4, 0.5) is 0 Å². The van der Waals surface area contributed by atoms with Crippen molar-refractivity contribution in [1.29, 1.82) is 0 Å². The predicted molar refractivity (Wildman–Crippen MR) is 601 cm³/mol. The quantitative estimate of drug-likeness (QED) is 0.123. The number of hydrogen-bond acceptors (Lipinski definition) is 17. The van der Waals surface area contributed by atoms with Gasteiger partial charge in [0.25, 0.3) is 0 Å². The number of aromatic nitrogens is 12. The molecule has 0 unspecified atom stereocenters. The van der Waals surface area contributed by atoms with Gasteiger partial charge in [-0.1, -0.05) is 334 Å². The van der Waals surface area contributed by atoms with E-state index in [4.69, 9.17) is 85.1 Å². The summed E-state index contributed by atoms with van der Waals surface area (Å²) in [5.74, 6) is 2.13. The van der Waals surface area contributed by atoms with Crippen molar-refractivity contribution < 1.29 is 22.1 Å². The average Bonchev–Trinajstić information content (AvgIpc) is 1.59. The van der Waals surface area contributed by atoms with Crippen molar-refractivity contribution in [2.24, 2.45) is 0 Å². The van der Waals surface area contributed by atoms with Crippen molar-refractivity contribution >= 4 is 232 Å². The van der Waals surface area contributed by atoms with Crippen LogP contribution >= 0.6 is 58.0 Å². The zero-order chi connectivity index (χ0) is 99.0. The fourth-order valence-electron chi connectivity index (χ4n) is 19.9. The number of nitrogens with zero attached hydrogens (tertiary/aromatic N) is 12. The summed E-state index contributed by atoms with van der Waals surface area (Å²) in [6.45, 7) is 0. The van der Waals surface area contributed by atoms with E-state index in [0.29, 0.717) is 23.3 Å². The third-order valence-electron chi connectivity index (χ3n) is 26.6. The van der Waals surface area contributed by atoms with Gasteiger partial charge in [-0.15, -0.1) is 0 Å². The van der Waals surface area contributed by atoms with Crippen molar-refractivity contribution in [3.63, 3.8) is 0 Å². The first kappa shape index (κ1) is 89.7. The normalized spacial score (nSPS) is 11.5. The van der Waals surface area contributed by atoms with Gasteiger partial charge in [-0.05, 0) is 209 Å². The molecule has 0 aliphatic heterocycles. The minimum Gasteiger partial charge on any atom is -0.456 e. The zero-order valence-electron chi connectivity index (χ0n) is 77.8. The van der Waals surface area contributed by atoms with Gasteiger partial charge in [-0.2, -0.15) is 19.9 Å². The van der Waals surface area contributed by atoms with Gasteiger partial charge in [-0.3, -0.25) is 0 Å². The Morgan fingerprint density at radius 2 is 0.466 bits per heavy atom. The van der Waals surface area contributed by atoms with Crippen LogP contribution in [0.1, 0.15) is 0 Å². The Morgan fingerprint density at radius 3 is 0.953 bits per heavy atom. The van der Waals surface area contributed by atoms with Gasteiger partial charge in [0, 0.05) is 104 Å². The van der Waals surface area contributed by atoms with E-state index in [9.17, 15) is 0 Å². The van der Waals surface area contributed by atoms with Gasteiger partial charge in [0.1, 0.15) is 55.8 Å². The fourth-order valence-corrected chi connectivity index (χ4v) is 20.8. The monoisotopic (exact) mass is 2010 g/mol. The second-order valence-electron chi connectivity index (χ2n) is 35.4. The third-order valence-corrected chi connectivity index (χ3v) is 27.4. The maximum Gasteiger partial charge on any atom is 0.226 e. The second kappa shape index (κ2) is 38.1. The first-order valence-corrected chi connectivity index (χ1v) is 49.5. The Kier molecular flexibility index (Phi) is 23.1. The largest absolute Gasteiger partial charge is 0.456 e. The molecule has 30 rings (SSSR count). The highest BCUT2D eigenvalue weighted by molar-refractivity contribution is 6.31. The molecule has 10 heterocycles. The molecule has 0 radical (unpaired) electrons. The summed E-state index contributed by atoms with van der Waals surface area (Å²) in [5.41, 5.74) is 21.8. The number of hydrogen-bond donors (Lipinski definition) is 0. The zero-order valence-corrected chi connectivity index (χ0v) is 81.6. The number of halogens is 5. The summed E-state index contributed by atoms with van der Waals surface area (Å²) in [4.78, 5) is 53.4. The molecule has 0 N–H and O–H groups in total. The van der Waals surface area contributed by atoms with E-state index >= 15 is 0 Å². The topological polar surface area (TPSA) is 220 Å². The number of benzene rings is 20. The SMILES string of the molecule is Clc1nc(-c2ccc3c(ccc4oc5ccccc5c43)c2)c2ccccc2n1.Clc1nc(-c2ccccc2)cc(-c2ccc3c(ccc4oc5ccccc5c43)c2)n1.Clc1nc(-c2ccccc2)cc(-c2cccc3c2oc2ccc4ccccc4c23)n1.Clc1nc(-c2ccccc2)nc(-c2ccc3c(ccc4oc5ccccc5c43)c2)n1.Clc1nc(-c2ccccc2)nc(-c2cccc3c2oc2ccc4ccccc4c23)n1. The van der Waals surface area contributed by atoms with E-state index < -0.39 is 0 Å². The highest BCUT2D eigenvalue weighted by Crippen LogP contribution is 2.46. The van der Waals surface area contributed by atoms with Crippen LogP contribution in [0.2, 0.25) is 26.4 Å². The Labute approximate surface area is 866 Å². The maximum absolute atomic E-state index is 6.33. The summed E-state index contributed by atoms with van der Waals surface area (Å²) in [6, 6.07) is 144. The summed E-state index contributed by atoms with van der Waals surface area (Å²) >= 11 is 31.2. The van der Waals surface area contributed by atoms with Gasteiger partial charge in [0.2, 0.25) is 26.4 Å². The molecule has 0 aliphatic rings. The first-order valence-electron chi connectivity index (χ1n) is 47.6. The highest BCUT2D eigenvalue weighted by atomic mass is 35.5. The van der Waals surface area contributed by atoms with E-state index in [1.165, 1.54) is 16.2 Å². The molecule has 17 nitrogen and oxygen atoms in total. The minimum atomic E-state index is 0.150. The lowest BCUT2D eigenvalue weighted by atomic mass is 9.99. The highest BCUT2D eigenvalue weighted by Gasteiger charge is 2.24. The van der Waals surface area contributed by atoms with Crippen molar-refractivity contribution in [2.45, 2.75) is 0 Å². The van der Waals surface area contributed by atoms with Crippen molar-refractivity contribution in [3.8, 4) is 102 Å². The second-order valence-corrected chi connectivity index (χ2v) is 37.1. The molecule has 0 atom stereocenters. The molecule has 0 fully saturated rings. The van der Waals surface area contributed by atoms with Crippen molar-refractivity contribution in [2.75, 3.05) is 0 Å². The molecule has 0 amide bonds. The standard InChI is InChI=1S/2C26H15ClN2O.2C25H14ClN3O.C24H13ClN2O/c27-26-28-21(17-8-2-1-3-9-17)15-22(29-26)19-11-6-12-20-24-18-10-5-4-7-16(18)13-14-23(24)30-25(19)20;27-26-28-21(16-6-2-1-3-7-16)15-22(29-26)18-10-12-19-17(14-18)11-13-24-25(19)20-8-4-5-9-23(20)30-24;26-25-28-23(16-8-2-1-3-9-16)27-24(29-25)19-12-6-11-18-21-17-10-5-4-7-15(17)13-14-20(21)30-22(18)19;26-25-28-23(15-6-2-1-3-7-15)27-24(29-25)17-10-12-18-16(14-17)11-13-21-22(18)19-8-4-5-9-20(19)30-21;25-24-26-19-7-3-1-5-17(19)23(27-24)15-9-11-16-14(13-15)10-12-21-22(16)18-6-2-4-8-20(18)28-21/h2*1-15H;2*1-14H;1-13H. The third kappa shape index (κ3) is 16.9. The number of fused-ring (bicyclic) bond motifs is 26. The average molecular weight is 2010 g/mol. The fraction of sp³-hybridized carbons (Fsp3) is 0. The van der Waals surface area contributed by atoms with E-state index in [2.05, 4.69) is 200 Å². The van der Waals surface area contributed by atoms with Gasteiger partial charge >= 0.3 is 0 Å². The molecule has 700 valence electrons. The lowest BCUT2D eigenvalue weighted by Crippen LogP contribution is -1.97. The van der Waals surface area contributed by atoms with Crippen molar-refractivity contribution in [1.82, 2.24) is 59.8 Å². The van der Waals surface area contributed by atoms with Crippen LogP contribution in [0.25, 0.3) is 276 Å². The van der Waals surface area contributed by atoms with Crippen LogP contribution in [0.3, 0.4) is 0 Å². The molecular weight excluding hydrogens is 1940 g/mol. The Balaban J connectivity index is 0.0000000936. The number of rotatable bonds is 9. The lowest BCUT2D eigenvalue weighted by Gasteiger charge is -2.08. The lowest BCUT2D eigenvalue weighted by molar-refractivity contribution is 0.669. The Morgan fingerprint density at radius 1 is 0.155 bits per heavy atom. The first-order chi connectivity index (χ1) is 72.8. The van der Waals surface area contributed by atoms with E-state index in [1.54, 1.807) is 0 Å². The van der Waals surface area contributed by atoms with Crippen LogP contribution < -0.4 is 0 Å². The van der Waals surface area contributed by atoms with Gasteiger partial charge < -0.3 is 22.1 Å².